The lowest BCUT2D eigenvalue weighted by atomic mass is 9.99. The zero-order valence-electron chi connectivity index (χ0n) is 26.6. The van der Waals surface area contributed by atoms with E-state index in [9.17, 15) is 38.7 Å². The minimum absolute atomic E-state index is 0.314. The molecule has 18 heteroatoms. The Hall–Kier alpha value is -3.64. The smallest absolute Gasteiger partial charge is 0.408 e. The Morgan fingerprint density at radius 2 is 1.38 bits per heavy atom. The van der Waals surface area contributed by atoms with E-state index in [0.29, 0.717) is 0 Å². The van der Waals surface area contributed by atoms with Crippen LogP contribution in [0.3, 0.4) is 0 Å². The fraction of sp³-hybridized carbons (Fsp3) is 0.741. The summed E-state index contributed by atoms with van der Waals surface area (Å²) in [6.07, 6.45) is -7.87. The van der Waals surface area contributed by atoms with Gasteiger partial charge in [0.25, 0.3) is 0 Å². The van der Waals surface area contributed by atoms with Crippen LogP contribution in [0.25, 0.3) is 0 Å². The third kappa shape index (κ3) is 13.9. The van der Waals surface area contributed by atoms with Gasteiger partial charge in [-0.2, -0.15) is 0 Å². The predicted molar refractivity (Wildman–Crippen MR) is 153 cm³/mol. The van der Waals surface area contributed by atoms with Crippen molar-refractivity contribution in [3.8, 4) is 0 Å². The maximum atomic E-state index is 13.1. The molecule has 256 valence electrons. The van der Waals surface area contributed by atoms with Gasteiger partial charge < -0.3 is 48.9 Å². The number of aliphatic hydroxyl groups excluding tert-OH is 1. The molecule has 0 aromatic carbocycles. The molecule has 2 amide bonds. The van der Waals surface area contributed by atoms with Crippen molar-refractivity contribution in [1.82, 2.24) is 10.6 Å². The first-order valence-corrected chi connectivity index (χ1v) is 14.8. The van der Waals surface area contributed by atoms with Gasteiger partial charge in [0.1, 0.15) is 35.8 Å². The lowest BCUT2D eigenvalue weighted by Gasteiger charge is -2.44. The fourth-order valence-electron chi connectivity index (χ4n) is 3.93. The Morgan fingerprint density at radius 3 is 1.84 bits per heavy atom. The molecule has 0 aliphatic carbocycles. The topological polar surface area (TPSA) is 228 Å². The van der Waals surface area contributed by atoms with Crippen LogP contribution in [0.5, 0.6) is 0 Å². The standard InChI is InChI=1S/C27H42N2O15S/c1-12(30)19(29-26(37)44-27(6,7)8)23(35)28-17(24(36)38-9)11-45-25-22(42-16(5)34)21(41-15(4)33)20(40-14(3)32)18(43-25)10-39-13(2)31/h12,17-22,25,30H,10-11H2,1-9H3,(H,28,35)(H,29,37)/t12-,17+,18-,19+,20-,21+,22-,25-/m1/s1. The Morgan fingerprint density at radius 1 is 0.844 bits per heavy atom. The number of amides is 2. The molecule has 1 rings (SSSR count). The van der Waals surface area contributed by atoms with E-state index in [1.54, 1.807) is 20.8 Å². The Labute approximate surface area is 264 Å². The number of carbonyl (C=O) groups excluding carboxylic acids is 7. The van der Waals surface area contributed by atoms with Crippen LogP contribution in [0.4, 0.5) is 4.79 Å². The summed E-state index contributed by atoms with van der Waals surface area (Å²) in [4.78, 5) is 85.6. The summed E-state index contributed by atoms with van der Waals surface area (Å²) in [7, 11) is 1.06. The molecule has 17 nitrogen and oxygen atoms in total. The number of esters is 5. The second-order valence-electron chi connectivity index (χ2n) is 10.8. The van der Waals surface area contributed by atoms with Crippen LogP contribution in [0.2, 0.25) is 0 Å². The Bertz CT molecular complexity index is 1090. The van der Waals surface area contributed by atoms with Crippen molar-refractivity contribution >= 4 is 53.6 Å². The molecule has 0 aromatic rings. The number of alkyl carbamates (subject to hydrolysis) is 1. The van der Waals surface area contributed by atoms with Crippen molar-refractivity contribution < 1.29 is 71.8 Å². The first-order valence-electron chi connectivity index (χ1n) is 13.7. The highest BCUT2D eigenvalue weighted by Gasteiger charge is 2.52. The molecule has 0 bridgehead atoms. The van der Waals surface area contributed by atoms with Gasteiger partial charge in [0.2, 0.25) is 5.91 Å². The van der Waals surface area contributed by atoms with Crippen molar-refractivity contribution in [2.24, 2.45) is 0 Å². The number of thioether (sulfide) groups is 1. The zero-order valence-corrected chi connectivity index (χ0v) is 27.4. The average molecular weight is 667 g/mol. The summed E-state index contributed by atoms with van der Waals surface area (Å²) < 4.78 is 37.1. The van der Waals surface area contributed by atoms with E-state index < -0.39 is 102 Å². The number of nitrogens with one attached hydrogen (secondary N) is 2. The normalized spacial score (nSPS) is 23.2. The molecule has 0 aromatic heterocycles. The van der Waals surface area contributed by atoms with Crippen LogP contribution < -0.4 is 10.6 Å². The molecule has 0 unspecified atom stereocenters. The van der Waals surface area contributed by atoms with Crippen LogP contribution in [-0.2, 0) is 61.9 Å². The second kappa shape index (κ2) is 17.7. The number of aliphatic hydroxyl groups is 1. The molecule has 45 heavy (non-hydrogen) atoms. The Kier molecular flexibility index (Phi) is 15.5. The van der Waals surface area contributed by atoms with Gasteiger partial charge in [-0.05, 0) is 27.7 Å². The summed E-state index contributed by atoms with van der Waals surface area (Å²) in [5.41, 5.74) is -2.15. The third-order valence-corrected chi connectivity index (χ3v) is 6.85. The number of methoxy groups -OCH3 is 1. The number of carbonyl (C=O) groups is 7. The fourth-order valence-corrected chi connectivity index (χ4v) is 5.15. The van der Waals surface area contributed by atoms with Crippen LogP contribution in [0, 0.1) is 0 Å². The lowest BCUT2D eigenvalue weighted by molar-refractivity contribution is -0.237. The number of ether oxygens (including phenoxy) is 7. The monoisotopic (exact) mass is 666 g/mol. The maximum absolute atomic E-state index is 13.1. The molecule has 1 aliphatic heterocycles. The molecule has 3 N–H and O–H groups in total. The highest BCUT2D eigenvalue weighted by Crippen LogP contribution is 2.34. The molecule has 0 spiro atoms. The van der Waals surface area contributed by atoms with E-state index in [1.165, 1.54) is 6.92 Å². The molecule has 1 saturated heterocycles. The molecule has 0 radical (unpaired) electrons. The van der Waals surface area contributed by atoms with Gasteiger partial charge in [0, 0.05) is 33.4 Å². The molecule has 0 saturated carbocycles. The van der Waals surface area contributed by atoms with Crippen LogP contribution in [0.1, 0.15) is 55.4 Å². The zero-order chi connectivity index (χ0) is 34.6. The van der Waals surface area contributed by atoms with E-state index in [-0.39, 0.29) is 5.75 Å². The summed E-state index contributed by atoms with van der Waals surface area (Å²) in [6.45, 7) is 9.93. The predicted octanol–water partition coefficient (Wildman–Crippen LogP) is -0.265. The summed E-state index contributed by atoms with van der Waals surface area (Å²) >= 11 is 0.811. The Balaban J connectivity index is 3.35. The van der Waals surface area contributed by atoms with Gasteiger partial charge in [-0.15, -0.1) is 11.8 Å². The highest BCUT2D eigenvalue weighted by atomic mass is 32.2. The highest BCUT2D eigenvalue weighted by molar-refractivity contribution is 7.99. The third-order valence-electron chi connectivity index (χ3n) is 5.61. The van der Waals surface area contributed by atoms with Crippen molar-refractivity contribution in [2.45, 2.75) is 109 Å². The van der Waals surface area contributed by atoms with Gasteiger partial charge in [0.15, 0.2) is 18.3 Å². The minimum atomic E-state index is -1.54. The van der Waals surface area contributed by atoms with Gasteiger partial charge >= 0.3 is 35.9 Å². The summed E-state index contributed by atoms with van der Waals surface area (Å²) in [6, 6.07) is -2.95. The van der Waals surface area contributed by atoms with Gasteiger partial charge in [-0.25, -0.2) is 9.59 Å². The van der Waals surface area contributed by atoms with Crippen molar-refractivity contribution in [1.29, 1.82) is 0 Å². The number of hydrogen-bond acceptors (Lipinski definition) is 16. The van der Waals surface area contributed by atoms with E-state index in [0.717, 1.165) is 46.6 Å². The molecular weight excluding hydrogens is 624 g/mol. The van der Waals surface area contributed by atoms with Gasteiger partial charge in [0.05, 0.1) is 13.2 Å². The lowest BCUT2D eigenvalue weighted by Crippen LogP contribution is -2.62. The second-order valence-corrected chi connectivity index (χ2v) is 12.0. The van der Waals surface area contributed by atoms with Crippen LogP contribution in [-0.4, -0.2) is 120 Å². The van der Waals surface area contributed by atoms with Crippen molar-refractivity contribution in [2.75, 3.05) is 19.5 Å². The largest absolute Gasteiger partial charge is 0.467 e. The van der Waals surface area contributed by atoms with Crippen LogP contribution in [0.15, 0.2) is 0 Å². The quantitative estimate of drug-likeness (QED) is 0.170. The summed E-state index contributed by atoms with van der Waals surface area (Å²) in [5.74, 6) is -5.36. The molecule has 1 heterocycles. The first-order chi connectivity index (χ1) is 20.7. The number of rotatable bonds is 13. The molecule has 1 fully saturated rings. The molecule has 1 aliphatic rings. The van der Waals surface area contributed by atoms with Gasteiger partial charge in [-0.1, -0.05) is 0 Å². The van der Waals surface area contributed by atoms with E-state index in [4.69, 9.17) is 33.2 Å². The van der Waals surface area contributed by atoms with Crippen molar-refractivity contribution in [3.63, 3.8) is 0 Å². The molecular formula is C27H42N2O15S. The van der Waals surface area contributed by atoms with Crippen molar-refractivity contribution in [3.05, 3.63) is 0 Å². The SMILES string of the molecule is COC(=O)[C@H](CS[C@H]1O[C@H](COC(C)=O)[C@@H](OC(C)=O)[C@H](OC(C)=O)[C@H]1OC(C)=O)NC(=O)[C@@H](NC(=O)OC(C)(C)C)[C@@H](C)O. The van der Waals surface area contributed by atoms with Crippen LogP contribution >= 0.6 is 11.8 Å². The maximum Gasteiger partial charge on any atom is 0.408 e. The number of hydrogen-bond donors (Lipinski definition) is 3. The average Bonchev–Trinajstić information content (AvgIpc) is 2.88. The summed E-state index contributed by atoms with van der Waals surface area (Å²) in [5, 5.41) is 14.8. The minimum Gasteiger partial charge on any atom is -0.467 e. The first kappa shape index (κ1) is 39.4. The van der Waals surface area contributed by atoms with Gasteiger partial charge in [-0.3, -0.25) is 24.0 Å². The van der Waals surface area contributed by atoms with E-state index >= 15 is 0 Å². The van der Waals surface area contributed by atoms with E-state index in [2.05, 4.69) is 10.6 Å². The molecule has 8 atom stereocenters. The van der Waals surface area contributed by atoms with E-state index in [1.807, 2.05) is 0 Å².